The van der Waals surface area contributed by atoms with Crippen molar-refractivity contribution in [2.45, 2.75) is 13.5 Å². The third kappa shape index (κ3) is 2.93. The second-order valence-electron chi connectivity index (χ2n) is 5.88. The fraction of sp³-hybridized carbons (Fsp3) is 0.0909. The van der Waals surface area contributed by atoms with E-state index in [0.717, 1.165) is 5.75 Å². The summed E-state index contributed by atoms with van der Waals surface area (Å²) >= 11 is 1.79. The number of rotatable bonds is 4. The van der Waals surface area contributed by atoms with Crippen LogP contribution in [0.2, 0.25) is 0 Å². The highest BCUT2D eigenvalue weighted by molar-refractivity contribution is 7.14. The largest absolute Gasteiger partial charge is 0.489 e. The molecule has 1 heterocycles. The van der Waals surface area contributed by atoms with Gasteiger partial charge in [0.15, 0.2) is 0 Å². The van der Waals surface area contributed by atoms with Crippen molar-refractivity contribution in [3.8, 4) is 16.2 Å². The summed E-state index contributed by atoms with van der Waals surface area (Å²) in [6.45, 7) is 2.78. The van der Waals surface area contributed by atoms with Crippen molar-refractivity contribution in [1.82, 2.24) is 0 Å². The molecule has 24 heavy (non-hydrogen) atoms. The number of benzene rings is 3. The molecule has 4 aromatic rings. The molecule has 0 amide bonds. The molecular weight excluding hydrogens is 312 g/mol. The van der Waals surface area contributed by atoms with Crippen LogP contribution in [0.25, 0.3) is 21.2 Å². The molecular formula is C22H18OS. The molecule has 0 atom stereocenters. The normalized spacial score (nSPS) is 10.9. The molecule has 0 spiro atoms. The van der Waals surface area contributed by atoms with Crippen LogP contribution in [-0.4, -0.2) is 0 Å². The fourth-order valence-electron chi connectivity index (χ4n) is 2.89. The molecule has 4 rings (SSSR count). The van der Waals surface area contributed by atoms with Crippen LogP contribution in [0, 0.1) is 6.92 Å². The fourth-order valence-corrected chi connectivity index (χ4v) is 3.97. The minimum absolute atomic E-state index is 0.605. The van der Waals surface area contributed by atoms with Gasteiger partial charge in [0.1, 0.15) is 12.4 Å². The van der Waals surface area contributed by atoms with E-state index in [1.165, 1.54) is 32.3 Å². The lowest BCUT2D eigenvalue weighted by atomic mass is 10.1. The van der Waals surface area contributed by atoms with Gasteiger partial charge in [0.2, 0.25) is 0 Å². The molecule has 0 saturated carbocycles. The Bertz CT molecular complexity index is 970. The average Bonchev–Trinajstić information content (AvgIpc) is 3.01. The van der Waals surface area contributed by atoms with Crippen molar-refractivity contribution < 1.29 is 4.74 Å². The lowest BCUT2D eigenvalue weighted by molar-refractivity contribution is 0.306. The summed E-state index contributed by atoms with van der Waals surface area (Å²) in [7, 11) is 0. The van der Waals surface area contributed by atoms with E-state index in [2.05, 4.69) is 79.0 Å². The van der Waals surface area contributed by atoms with Crippen LogP contribution in [0.4, 0.5) is 0 Å². The molecule has 2 heteroatoms. The van der Waals surface area contributed by atoms with Gasteiger partial charge in [0.05, 0.1) is 0 Å². The Kier molecular flexibility index (Phi) is 4.06. The second kappa shape index (κ2) is 6.50. The summed E-state index contributed by atoms with van der Waals surface area (Å²) in [5.41, 5.74) is 3.84. The van der Waals surface area contributed by atoms with E-state index in [1.54, 1.807) is 11.3 Å². The van der Waals surface area contributed by atoms with Crippen molar-refractivity contribution in [3.63, 3.8) is 0 Å². The van der Waals surface area contributed by atoms with Gasteiger partial charge in [-0.05, 0) is 46.3 Å². The molecule has 1 nitrogen and oxygen atoms in total. The smallest absolute Gasteiger partial charge is 0.120 e. The zero-order chi connectivity index (χ0) is 16.4. The number of hydrogen-bond donors (Lipinski definition) is 0. The van der Waals surface area contributed by atoms with Crippen LogP contribution in [-0.2, 0) is 6.61 Å². The zero-order valence-corrected chi connectivity index (χ0v) is 14.3. The van der Waals surface area contributed by atoms with Crippen molar-refractivity contribution >= 4 is 22.1 Å². The minimum Gasteiger partial charge on any atom is -0.489 e. The molecule has 0 unspecified atom stereocenters. The molecule has 0 saturated heterocycles. The van der Waals surface area contributed by atoms with Crippen LogP contribution >= 0.6 is 11.3 Å². The van der Waals surface area contributed by atoms with E-state index in [-0.39, 0.29) is 0 Å². The Morgan fingerprint density at radius 1 is 0.833 bits per heavy atom. The summed E-state index contributed by atoms with van der Waals surface area (Å²) in [6, 6.07) is 25.1. The van der Waals surface area contributed by atoms with E-state index < -0.39 is 0 Å². The summed E-state index contributed by atoms with van der Waals surface area (Å²) in [4.78, 5) is 1.33. The predicted molar refractivity (Wildman–Crippen MR) is 103 cm³/mol. The predicted octanol–water partition coefficient (Wildman–Crippen LogP) is 6.46. The molecule has 0 aliphatic rings. The van der Waals surface area contributed by atoms with Crippen LogP contribution in [0.3, 0.4) is 0 Å². The standard InChI is InChI=1S/C22H18OS/c1-16-20(15-24-22(16)18-8-3-2-4-9-18)14-23-21-12-11-17-7-5-6-10-19(17)13-21/h2-13,15H,14H2,1H3. The van der Waals surface area contributed by atoms with Gasteiger partial charge in [-0.25, -0.2) is 0 Å². The molecule has 118 valence electrons. The lowest BCUT2D eigenvalue weighted by Gasteiger charge is -2.08. The van der Waals surface area contributed by atoms with E-state index >= 15 is 0 Å². The molecule has 3 aromatic carbocycles. The van der Waals surface area contributed by atoms with Crippen LogP contribution in [0.1, 0.15) is 11.1 Å². The van der Waals surface area contributed by atoms with Crippen LogP contribution in [0.15, 0.2) is 78.2 Å². The zero-order valence-electron chi connectivity index (χ0n) is 13.5. The third-order valence-corrected chi connectivity index (χ3v) is 5.47. The number of hydrogen-bond acceptors (Lipinski definition) is 2. The van der Waals surface area contributed by atoms with Crippen LogP contribution < -0.4 is 4.74 Å². The Morgan fingerprint density at radius 2 is 1.58 bits per heavy atom. The molecule has 1 aromatic heterocycles. The Labute approximate surface area is 146 Å². The number of ether oxygens (including phenoxy) is 1. The molecule has 0 radical (unpaired) electrons. The minimum atomic E-state index is 0.605. The van der Waals surface area contributed by atoms with Gasteiger partial charge in [0.25, 0.3) is 0 Å². The number of fused-ring (bicyclic) bond motifs is 1. The molecule has 0 aliphatic carbocycles. The van der Waals surface area contributed by atoms with Gasteiger partial charge >= 0.3 is 0 Å². The maximum Gasteiger partial charge on any atom is 0.120 e. The summed E-state index contributed by atoms with van der Waals surface area (Å²) in [6.07, 6.45) is 0. The first-order valence-corrected chi connectivity index (χ1v) is 8.93. The highest BCUT2D eigenvalue weighted by Crippen LogP contribution is 2.33. The Balaban J connectivity index is 1.54. The molecule has 0 aliphatic heterocycles. The third-order valence-electron chi connectivity index (χ3n) is 4.29. The SMILES string of the molecule is Cc1c(COc2ccc3ccccc3c2)csc1-c1ccccc1. The van der Waals surface area contributed by atoms with Crippen LogP contribution in [0.5, 0.6) is 5.75 Å². The first-order valence-electron chi connectivity index (χ1n) is 8.05. The summed E-state index contributed by atoms with van der Waals surface area (Å²) < 4.78 is 6.04. The molecule has 0 fully saturated rings. The van der Waals surface area contributed by atoms with Gasteiger partial charge in [-0.1, -0.05) is 60.7 Å². The highest BCUT2D eigenvalue weighted by atomic mass is 32.1. The molecule has 0 bridgehead atoms. The average molecular weight is 330 g/mol. The van der Waals surface area contributed by atoms with E-state index in [0.29, 0.717) is 6.61 Å². The second-order valence-corrected chi connectivity index (χ2v) is 6.76. The Hall–Kier alpha value is -2.58. The topological polar surface area (TPSA) is 9.23 Å². The molecule has 0 N–H and O–H groups in total. The van der Waals surface area contributed by atoms with E-state index in [9.17, 15) is 0 Å². The first kappa shape index (κ1) is 15.0. The van der Waals surface area contributed by atoms with E-state index in [4.69, 9.17) is 4.74 Å². The Morgan fingerprint density at radius 3 is 2.42 bits per heavy atom. The van der Waals surface area contributed by atoms with E-state index in [1.807, 2.05) is 6.07 Å². The summed E-state index contributed by atoms with van der Waals surface area (Å²) in [5, 5.41) is 4.66. The lowest BCUT2D eigenvalue weighted by Crippen LogP contribution is -1.95. The van der Waals surface area contributed by atoms with Gasteiger partial charge in [-0.15, -0.1) is 11.3 Å². The monoisotopic (exact) mass is 330 g/mol. The maximum atomic E-state index is 6.04. The van der Waals surface area contributed by atoms with Gasteiger partial charge in [-0.2, -0.15) is 0 Å². The van der Waals surface area contributed by atoms with Crippen molar-refractivity contribution in [1.29, 1.82) is 0 Å². The maximum absolute atomic E-state index is 6.04. The quantitative estimate of drug-likeness (QED) is 0.417. The van der Waals surface area contributed by atoms with Crippen molar-refractivity contribution in [2.24, 2.45) is 0 Å². The van der Waals surface area contributed by atoms with Gasteiger partial charge in [0, 0.05) is 10.4 Å². The van der Waals surface area contributed by atoms with Crippen molar-refractivity contribution in [3.05, 3.63) is 89.3 Å². The van der Waals surface area contributed by atoms with Gasteiger partial charge in [-0.3, -0.25) is 0 Å². The highest BCUT2D eigenvalue weighted by Gasteiger charge is 2.10. The summed E-state index contributed by atoms with van der Waals surface area (Å²) in [5.74, 6) is 0.917. The first-order chi connectivity index (χ1) is 11.8. The number of thiophene rings is 1. The van der Waals surface area contributed by atoms with Gasteiger partial charge < -0.3 is 4.74 Å². The van der Waals surface area contributed by atoms with Crippen molar-refractivity contribution in [2.75, 3.05) is 0 Å².